The summed E-state index contributed by atoms with van der Waals surface area (Å²) < 4.78 is 0. The van der Waals surface area contributed by atoms with E-state index in [9.17, 15) is 14.7 Å². The number of anilines is 1. The van der Waals surface area contributed by atoms with Crippen molar-refractivity contribution in [3.05, 3.63) is 27.2 Å². The van der Waals surface area contributed by atoms with Gasteiger partial charge in [0.05, 0.1) is 17.4 Å². The highest BCUT2D eigenvalue weighted by Crippen LogP contribution is 2.34. The summed E-state index contributed by atoms with van der Waals surface area (Å²) >= 11 is 7.29. The van der Waals surface area contributed by atoms with E-state index in [1.54, 1.807) is 0 Å². The SMILES string of the molecule is CCCN(C(=O)c1nc(Cl)c(CC)[nH]1)C1CN(c2nc(C(C)C)c(C(=O)O)s2)C1. The van der Waals surface area contributed by atoms with Crippen molar-refractivity contribution in [2.24, 2.45) is 0 Å². The molecule has 1 saturated heterocycles. The van der Waals surface area contributed by atoms with Crippen molar-refractivity contribution in [3.63, 3.8) is 0 Å². The van der Waals surface area contributed by atoms with E-state index >= 15 is 0 Å². The first-order valence-corrected chi connectivity index (χ1v) is 11.0. The van der Waals surface area contributed by atoms with E-state index in [0.717, 1.165) is 12.1 Å². The molecule has 0 aromatic carbocycles. The van der Waals surface area contributed by atoms with Gasteiger partial charge in [0.25, 0.3) is 5.91 Å². The number of thiazole rings is 1. The Morgan fingerprint density at radius 2 is 2.03 bits per heavy atom. The fourth-order valence-corrected chi connectivity index (χ4v) is 4.70. The van der Waals surface area contributed by atoms with Gasteiger partial charge >= 0.3 is 5.97 Å². The zero-order valence-corrected chi connectivity index (χ0v) is 18.6. The predicted molar refractivity (Wildman–Crippen MR) is 113 cm³/mol. The van der Waals surface area contributed by atoms with Crippen LogP contribution in [0.2, 0.25) is 5.15 Å². The van der Waals surface area contributed by atoms with Gasteiger partial charge < -0.3 is 19.9 Å². The Morgan fingerprint density at radius 1 is 1.34 bits per heavy atom. The van der Waals surface area contributed by atoms with Gasteiger partial charge in [-0.15, -0.1) is 0 Å². The Labute approximate surface area is 178 Å². The lowest BCUT2D eigenvalue weighted by Crippen LogP contribution is -2.61. The van der Waals surface area contributed by atoms with Gasteiger partial charge in [-0.2, -0.15) is 0 Å². The number of nitrogens with zero attached hydrogens (tertiary/aromatic N) is 4. The van der Waals surface area contributed by atoms with Crippen LogP contribution in [0.4, 0.5) is 5.13 Å². The molecule has 2 aromatic rings. The van der Waals surface area contributed by atoms with Crippen LogP contribution >= 0.6 is 22.9 Å². The lowest BCUT2D eigenvalue weighted by molar-refractivity contribution is 0.0632. The van der Waals surface area contributed by atoms with E-state index in [-0.39, 0.29) is 28.6 Å². The molecule has 2 aromatic heterocycles. The number of amides is 1. The van der Waals surface area contributed by atoms with Crippen molar-refractivity contribution < 1.29 is 14.7 Å². The van der Waals surface area contributed by atoms with Gasteiger partial charge in [-0.05, 0) is 18.8 Å². The van der Waals surface area contributed by atoms with Gasteiger partial charge in [-0.25, -0.2) is 14.8 Å². The average Bonchev–Trinajstić information content (AvgIpc) is 3.23. The molecule has 1 aliphatic rings. The molecule has 10 heteroatoms. The fraction of sp³-hybridized carbons (Fsp3) is 0.579. The van der Waals surface area contributed by atoms with E-state index < -0.39 is 5.97 Å². The van der Waals surface area contributed by atoms with Crippen molar-refractivity contribution in [2.45, 2.75) is 52.5 Å². The van der Waals surface area contributed by atoms with Gasteiger partial charge in [0, 0.05) is 19.6 Å². The largest absolute Gasteiger partial charge is 0.477 e. The van der Waals surface area contributed by atoms with Crippen LogP contribution in [-0.2, 0) is 6.42 Å². The van der Waals surface area contributed by atoms with E-state index in [4.69, 9.17) is 11.6 Å². The highest BCUT2D eigenvalue weighted by atomic mass is 35.5. The van der Waals surface area contributed by atoms with Gasteiger partial charge in [-0.3, -0.25) is 4.79 Å². The van der Waals surface area contributed by atoms with Crippen LogP contribution in [-0.4, -0.2) is 62.5 Å². The summed E-state index contributed by atoms with van der Waals surface area (Å²) in [5.74, 6) is -0.800. The zero-order chi connectivity index (χ0) is 21.3. The number of carbonyl (C=O) groups excluding carboxylic acids is 1. The first-order valence-electron chi connectivity index (χ1n) is 9.81. The first-order chi connectivity index (χ1) is 13.8. The molecule has 8 nitrogen and oxygen atoms in total. The summed E-state index contributed by atoms with van der Waals surface area (Å²) in [4.78, 5) is 40.4. The van der Waals surface area contributed by atoms with Gasteiger partial charge in [0.1, 0.15) is 4.88 Å². The topological polar surface area (TPSA) is 102 Å². The number of imidazole rings is 1. The minimum atomic E-state index is -0.946. The monoisotopic (exact) mass is 439 g/mol. The van der Waals surface area contributed by atoms with Gasteiger partial charge in [-0.1, -0.05) is 50.6 Å². The number of carbonyl (C=O) groups is 2. The average molecular weight is 440 g/mol. The number of carboxylic acids is 1. The molecule has 2 N–H and O–H groups in total. The molecule has 3 heterocycles. The number of rotatable bonds is 8. The third-order valence-corrected chi connectivity index (χ3v) is 6.40. The maximum absolute atomic E-state index is 13.0. The summed E-state index contributed by atoms with van der Waals surface area (Å²) in [5, 5.41) is 10.5. The Bertz CT molecular complexity index is 904. The first kappa shape index (κ1) is 21.6. The molecule has 0 radical (unpaired) electrons. The smallest absolute Gasteiger partial charge is 0.347 e. The number of aromatic amines is 1. The van der Waals surface area contributed by atoms with Crippen molar-refractivity contribution in [1.82, 2.24) is 19.9 Å². The lowest BCUT2D eigenvalue weighted by Gasteiger charge is -2.45. The van der Waals surface area contributed by atoms with Crippen LogP contribution in [0.3, 0.4) is 0 Å². The van der Waals surface area contributed by atoms with E-state index in [2.05, 4.69) is 15.0 Å². The summed E-state index contributed by atoms with van der Waals surface area (Å²) in [6.45, 7) is 9.70. The highest BCUT2D eigenvalue weighted by molar-refractivity contribution is 7.17. The standard InChI is InChI=1S/C19H26ClN5O3S/c1-5-7-25(17(26)16-21-12(6-2)15(20)23-16)11-8-24(9-11)19-22-13(10(3)4)14(29-19)18(27)28/h10-11H,5-9H2,1-4H3,(H,21,23)(H,27,28). The minimum absolute atomic E-state index is 0.0241. The fourth-order valence-electron chi connectivity index (χ4n) is 3.36. The molecule has 3 rings (SSSR count). The maximum Gasteiger partial charge on any atom is 0.347 e. The number of halogens is 1. The van der Waals surface area contributed by atoms with Crippen molar-refractivity contribution >= 4 is 39.9 Å². The number of hydrogen-bond donors (Lipinski definition) is 2. The highest BCUT2D eigenvalue weighted by Gasteiger charge is 2.37. The number of aryl methyl sites for hydroxylation is 1. The second kappa shape index (κ2) is 8.71. The molecule has 0 spiro atoms. The van der Waals surface area contributed by atoms with E-state index in [1.165, 1.54) is 11.3 Å². The Balaban J connectivity index is 1.73. The van der Waals surface area contributed by atoms with E-state index in [0.29, 0.717) is 42.0 Å². The van der Waals surface area contributed by atoms with Crippen molar-refractivity contribution in [1.29, 1.82) is 0 Å². The van der Waals surface area contributed by atoms with Crippen LogP contribution < -0.4 is 4.90 Å². The summed E-state index contributed by atoms with van der Waals surface area (Å²) in [5.41, 5.74) is 1.37. The van der Waals surface area contributed by atoms with Crippen molar-refractivity contribution in [3.8, 4) is 0 Å². The summed E-state index contributed by atoms with van der Waals surface area (Å²) in [6.07, 6.45) is 1.51. The molecular formula is C19H26ClN5O3S. The second-order valence-corrected chi connectivity index (χ2v) is 8.77. The molecule has 0 aliphatic carbocycles. The maximum atomic E-state index is 13.0. The predicted octanol–water partition coefficient (Wildman–Crippen LogP) is 3.64. The Hall–Kier alpha value is -2.13. The molecule has 0 bridgehead atoms. The number of nitrogens with one attached hydrogen (secondary N) is 1. The molecule has 0 atom stereocenters. The molecule has 1 aliphatic heterocycles. The van der Waals surface area contributed by atoms with Crippen LogP contribution in [0.25, 0.3) is 0 Å². The molecule has 1 fully saturated rings. The number of aromatic carboxylic acids is 1. The quantitative estimate of drug-likeness (QED) is 0.650. The van der Waals surface area contributed by atoms with Crippen LogP contribution in [0, 0.1) is 0 Å². The van der Waals surface area contributed by atoms with Crippen LogP contribution in [0.5, 0.6) is 0 Å². The molecule has 1 amide bonds. The summed E-state index contributed by atoms with van der Waals surface area (Å²) in [7, 11) is 0. The lowest BCUT2D eigenvalue weighted by atomic mass is 10.1. The third-order valence-electron chi connectivity index (χ3n) is 4.97. The zero-order valence-electron chi connectivity index (χ0n) is 17.0. The molecule has 29 heavy (non-hydrogen) atoms. The third kappa shape index (κ3) is 4.25. The Morgan fingerprint density at radius 3 is 2.52 bits per heavy atom. The van der Waals surface area contributed by atoms with Gasteiger partial charge in [0.2, 0.25) is 0 Å². The second-order valence-electron chi connectivity index (χ2n) is 7.44. The van der Waals surface area contributed by atoms with Crippen LogP contribution in [0.1, 0.15) is 71.7 Å². The normalized spacial score (nSPS) is 14.3. The van der Waals surface area contributed by atoms with Crippen molar-refractivity contribution in [2.75, 3.05) is 24.5 Å². The number of hydrogen-bond acceptors (Lipinski definition) is 6. The molecule has 158 valence electrons. The summed E-state index contributed by atoms with van der Waals surface area (Å²) in [6, 6.07) is 0.0241. The number of H-pyrrole nitrogens is 1. The molecular weight excluding hydrogens is 414 g/mol. The molecule has 0 unspecified atom stereocenters. The Kier molecular flexibility index (Phi) is 6.48. The van der Waals surface area contributed by atoms with Crippen LogP contribution in [0.15, 0.2) is 0 Å². The minimum Gasteiger partial charge on any atom is -0.477 e. The number of carboxylic acid groups (broad SMARTS) is 1. The number of aromatic nitrogens is 3. The van der Waals surface area contributed by atoms with E-state index in [1.807, 2.05) is 37.5 Å². The molecule has 0 saturated carbocycles. The van der Waals surface area contributed by atoms with Gasteiger partial charge in [0.15, 0.2) is 16.1 Å².